The Labute approximate surface area is 102 Å². The van der Waals surface area contributed by atoms with Crippen LogP contribution in [0, 0.1) is 13.8 Å². The first-order valence-electron chi connectivity index (χ1n) is 6.15. The van der Waals surface area contributed by atoms with Gasteiger partial charge in [-0.15, -0.1) is 0 Å². The van der Waals surface area contributed by atoms with Crippen LogP contribution in [0.5, 0.6) is 0 Å². The molecule has 1 heterocycles. The van der Waals surface area contributed by atoms with Crippen LogP contribution in [0.1, 0.15) is 28.2 Å². The van der Waals surface area contributed by atoms with Crippen molar-refractivity contribution in [1.82, 2.24) is 0 Å². The summed E-state index contributed by atoms with van der Waals surface area (Å²) in [6, 6.07) is 15.4. The number of benzene rings is 2. The molecule has 0 aliphatic carbocycles. The molecule has 2 aromatic rings. The van der Waals surface area contributed by atoms with Gasteiger partial charge in [0.15, 0.2) is 0 Å². The fraction of sp³-hybridized carbons (Fsp3) is 0.250. The van der Waals surface area contributed by atoms with Gasteiger partial charge in [-0.1, -0.05) is 42.0 Å². The van der Waals surface area contributed by atoms with E-state index >= 15 is 0 Å². The van der Waals surface area contributed by atoms with Crippen molar-refractivity contribution in [2.45, 2.75) is 19.8 Å². The molecule has 0 amide bonds. The number of rotatable bonds is 1. The van der Waals surface area contributed by atoms with E-state index in [1.54, 1.807) is 0 Å². The minimum Gasteiger partial charge on any atom is -0.384 e. The zero-order valence-corrected chi connectivity index (χ0v) is 10.3. The second kappa shape index (κ2) is 3.92. The van der Waals surface area contributed by atoms with Crippen molar-refractivity contribution in [3.8, 4) is 0 Å². The predicted molar refractivity (Wildman–Crippen MR) is 72.7 cm³/mol. The molecule has 0 aromatic heterocycles. The smallest absolute Gasteiger partial charge is 0.0379 e. The van der Waals surface area contributed by atoms with Crippen LogP contribution in [0.4, 0.5) is 5.69 Å². The predicted octanol–water partition coefficient (Wildman–Crippen LogP) is 3.86. The highest BCUT2D eigenvalue weighted by Gasteiger charge is 2.24. The van der Waals surface area contributed by atoms with Crippen molar-refractivity contribution >= 4 is 5.69 Å². The van der Waals surface area contributed by atoms with Crippen molar-refractivity contribution in [2.24, 2.45) is 0 Å². The van der Waals surface area contributed by atoms with Crippen LogP contribution in [0.3, 0.4) is 0 Å². The number of para-hydroxylation sites is 1. The van der Waals surface area contributed by atoms with Crippen molar-refractivity contribution in [2.75, 3.05) is 11.9 Å². The minimum absolute atomic E-state index is 0.506. The molecule has 0 fully saturated rings. The second-order valence-electron chi connectivity index (χ2n) is 4.88. The number of fused-ring (bicyclic) bond motifs is 1. The summed E-state index contributed by atoms with van der Waals surface area (Å²) in [5.41, 5.74) is 6.91. The molecule has 1 aliphatic rings. The van der Waals surface area contributed by atoms with Crippen molar-refractivity contribution in [1.29, 1.82) is 0 Å². The fourth-order valence-corrected chi connectivity index (χ4v) is 2.78. The standard InChI is InChI=1S/C16H17N/c1-11-7-8-13(12(2)9-11)15-10-17-16-6-4-3-5-14(15)16/h3-9,15,17H,10H2,1-2H3. The zero-order chi connectivity index (χ0) is 11.8. The molecule has 1 heteroatoms. The molecule has 2 aromatic carbocycles. The van der Waals surface area contributed by atoms with Gasteiger partial charge in [-0.3, -0.25) is 0 Å². The van der Waals surface area contributed by atoms with Crippen LogP contribution in [-0.4, -0.2) is 6.54 Å². The van der Waals surface area contributed by atoms with Crippen LogP contribution >= 0.6 is 0 Å². The number of aryl methyl sites for hydroxylation is 2. The van der Waals surface area contributed by atoms with E-state index in [4.69, 9.17) is 0 Å². The fourth-order valence-electron chi connectivity index (χ4n) is 2.78. The summed E-state index contributed by atoms with van der Waals surface area (Å²) in [5.74, 6) is 0.506. The van der Waals surface area contributed by atoms with E-state index in [1.807, 2.05) is 0 Å². The Hall–Kier alpha value is -1.76. The number of nitrogens with one attached hydrogen (secondary N) is 1. The summed E-state index contributed by atoms with van der Waals surface area (Å²) in [7, 11) is 0. The van der Waals surface area contributed by atoms with E-state index < -0.39 is 0 Å². The first-order chi connectivity index (χ1) is 8.25. The normalized spacial score (nSPS) is 17.6. The lowest BCUT2D eigenvalue weighted by molar-refractivity contribution is 0.895. The van der Waals surface area contributed by atoms with Crippen LogP contribution in [-0.2, 0) is 0 Å². The average Bonchev–Trinajstić information content (AvgIpc) is 2.73. The van der Waals surface area contributed by atoms with E-state index in [2.05, 4.69) is 61.6 Å². The molecule has 1 nitrogen and oxygen atoms in total. The van der Waals surface area contributed by atoms with Crippen LogP contribution in [0.15, 0.2) is 42.5 Å². The summed E-state index contributed by atoms with van der Waals surface area (Å²) in [6.07, 6.45) is 0. The monoisotopic (exact) mass is 223 g/mol. The van der Waals surface area contributed by atoms with Gasteiger partial charge < -0.3 is 5.32 Å². The average molecular weight is 223 g/mol. The van der Waals surface area contributed by atoms with Gasteiger partial charge in [0.1, 0.15) is 0 Å². The lowest BCUT2D eigenvalue weighted by atomic mass is 9.89. The molecule has 3 rings (SSSR count). The Morgan fingerprint density at radius 3 is 2.65 bits per heavy atom. The van der Waals surface area contributed by atoms with Gasteiger partial charge in [-0.05, 0) is 36.6 Å². The minimum atomic E-state index is 0.506. The largest absolute Gasteiger partial charge is 0.384 e. The van der Waals surface area contributed by atoms with Crippen LogP contribution < -0.4 is 5.32 Å². The van der Waals surface area contributed by atoms with Gasteiger partial charge in [0.25, 0.3) is 0 Å². The summed E-state index contributed by atoms with van der Waals surface area (Å²) in [5, 5.41) is 3.49. The third-order valence-corrected chi connectivity index (χ3v) is 3.63. The third kappa shape index (κ3) is 1.72. The number of hydrogen-bond donors (Lipinski definition) is 1. The van der Waals surface area contributed by atoms with Crippen molar-refractivity contribution in [3.05, 3.63) is 64.7 Å². The van der Waals surface area contributed by atoms with E-state index in [1.165, 1.54) is 27.9 Å². The second-order valence-corrected chi connectivity index (χ2v) is 4.88. The Balaban J connectivity index is 2.07. The quantitative estimate of drug-likeness (QED) is 0.774. The lowest BCUT2D eigenvalue weighted by Gasteiger charge is -2.14. The van der Waals surface area contributed by atoms with Gasteiger partial charge >= 0.3 is 0 Å². The van der Waals surface area contributed by atoms with E-state index in [0.717, 1.165) is 6.54 Å². The molecule has 17 heavy (non-hydrogen) atoms. The molecule has 1 N–H and O–H groups in total. The molecule has 0 saturated heterocycles. The van der Waals surface area contributed by atoms with E-state index in [-0.39, 0.29) is 0 Å². The van der Waals surface area contributed by atoms with Crippen LogP contribution in [0.2, 0.25) is 0 Å². The summed E-state index contributed by atoms with van der Waals surface area (Å²) in [4.78, 5) is 0. The Morgan fingerprint density at radius 1 is 1.00 bits per heavy atom. The first-order valence-corrected chi connectivity index (χ1v) is 6.15. The topological polar surface area (TPSA) is 12.0 Å². The maximum absolute atomic E-state index is 3.49. The lowest BCUT2D eigenvalue weighted by Crippen LogP contribution is -2.05. The maximum Gasteiger partial charge on any atom is 0.0379 e. The van der Waals surface area contributed by atoms with E-state index in [9.17, 15) is 0 Å². The molecule has 0 saturated carbocycles. The zero-order valence-electron chi connectivity index (χ0n) is 10.3. The highest BCUT2D eigenvalue weighted by molar-refractivity contribution is 5.61. The third-order valence-electron chi connectivity index (χ3n) is 3.63. The number of anilines is 1. The maximum atomic E-state index is 3.49. The summed E-state index contributed by atoms with van der Waals surface area (Å²) < 4.78 is 0. The Kier molecular flexibility index (Phi) is 2.40. The van der Waals surface area contributed by atoms with Crippen LogP contribution in [0.25, 0.3) is 0 Å². The number of hydrogen-bond acceptors (Lipinski definition) is 1. The summed E-state index contributed by atoms with van der Waals surface area (Å²) >= 11 is 0. The van der Waals surface area contributed by atoms with E-state index in [0.29, 0.717) is 5.92 Å². The SMILES string of the molecule is Cc1ccc(C2CNc3ccccc32)c(C)c1. The van der Waals surface area contributed by atoms with Crippen molar-refractivity contribution < 1.29 is 0 Å². The van der Waals surface area contributed by atoms with Gasteiger partial charge in [0.2, 0.25) is 0 Å². The molecular formula is C16H17N. The Morgan fingerprint density at radius 2 is 1.82 bits per heavy atom. The highest BCUT2D eigenvalue weighted by Crippen LogP contribution is 2.37. The molecular weight excluding hydrogens is 206 g/mol. The Bertz CT molecular complexity index is 557. The molecule has 0 bridgehead atoms. The van der Waals surface area contributed by atoms with Gasteiger partial charge in [-0.25, -0.2) is 0 Å². The molecule has 86 valence electrons. The molecule has 0 spiro atoms. The molecule has 1 aliphatic heterocycles. The first kappa shape index (κ1) is 10.4. The molecule has 1 atom stereocenters. The summed E-state index contributed by atoms with van der Waals surface area (Å²) in [6.45, 7) is 5.38. The van der Waals surface area contributed by atoms with Crippen molar-refractivity contribution in [3.63, 3.8) is 0 Å². The van der Waals surface area contributed by atoms with Gasteiger partial charge in [-0.2, -0.15) is 0 Å². The molecule has 0 radical (unpaired) electrons. The van der Waals surface area contributed by atoms with Gasteiger partial charge in [0.05, 0.1) is 0 Å². The van der Waals surface area contributed by atoms with Gasteiger partial charge in [0, 0.05) is 18.2 Å². The highest BCUT2D eigenvalue weighted by atomic mass is 14.9. The molecule has 1 unspecified atom stereocenters.